The van der Waals surface area contributed by atoms with Gasteiger partial charge >= 0.3 is 0 Å². The van der Waals surface area contributed by atoms with Crippen molar-refractivity contribution in [3.8, 4) is 5.75 Å². The van der Waals surface area contributed by atoms with Crippen LogP contribution in [0.5, 0.6) is 5.75 Å². The molecule has 0 spiro atoms. The fraction of sp³-hybridized carbons (Fsp3) is 0.231. The third-order valence-electron chi connectivity index (χ3n) is 2.48. The maximum absolute atomic E-state index is 9.31. The minimum Gasteiger partial charge on any atom is -0.506 e. The minimum atomic E-state index is 0.113. The second-order valence-corrected chi connectivity index (χ2v) is 5.40. The molecule has 2 aromatic rings. The number of aryl methyl sites for hydroxylation is 1. The Bertz CT molecular complexity index is 510. The highest BCUT2D eigenvalue weighted by atomic mass is 35.5. The quantitative estimate of drug-likeness (QED) is 0.811. The summed E-state index contributed by atoms with van der Waals surface area (Å²) in [6, 6.07) is 9.43. The van der Waals surface area contributed by atoms with Crippen molar-refractivity contribution < 1.29 is 5.11 Å². The molecule has 0 aliphatic carbocycles. The molecular weight excluding hydrogens is 254 g/mol. The molecule has 1 aromatic carbocycles. The SMILES string of the molecule is CCc1ccc(CNc2ccc(O)c(Cl)c2)s1. The van der Waals surface area contributed by atoms with Gasteiger partial charge in [-0.2, -0.15) is 0 Å². The standard InChI is InChI=1S/C13H14ClNOS/c1-2-10-4-5-11(17-10)8-15-9-3-6-13(16)12(14)7-9/h3-7,15-16H,2,8H2,1H3. The van der Waals surface area contributed by atoms with Crippen LogP contribution >= 0.6 is 22.9 Å². The normalized spacial score (nSPS) is 10.5. The molecule has 0 aliphatic rings. The number of phenols is 1. The lowest BCUT2D eigenvalue weighted by Gasteiger charge is -2.05. The number of halogens is 1. The van der Waals surface area contributed by atoms with Crippen LogP contribution in [0.3, 0.4) is 0 Å². The summed E-state index contributed by atoms with van der Waals surface area (Å²) in [5.41, 5.74) is 0.916. The molecule has 1 aromatic heterocycles. The van der Waals surface area contributed by atoms with Gasteiger partial charge in [0.15, 0.2) is 0 Å². The van der Waals surface area contributed by atoms with Gasteiger partial charge in [-0.25, -0.2) is 0 Å². The Balaban J connectivity index is 1.99. The monoisotopic (exact) mass is 267 g/mol. The van der Waals surface area contributed by atoms with E-state index >= 15 is 0 Å². The summed E-state index contributed by atoms with van der Waals surface area (Å²) < 4.78 is 0. The van der Waals surface area contributed by atoms with Crippen molar-refractivity contribution in [3.63, 3.8) is 0 Å². The highest BCUT2D eigenvalue weighted by Crippen LogP contribution is 2.26. The number of hydrogen-bond donors (Lipinski definition) is 2. The van der Waals surface area contributed by atoms with Crippen LogP contribution in [0.2, 0.25) is 5.02 Å². The molecular formula is C13H14ClNOS. The molecule has 0 fully saturated rings. The van der Waals surface area contributed by atoms with Crippen LogP contribution in [-0.4, -0.2) is 5.11 Å². The Morgan fingerprint density at radius 2 is 2.00 bits per heavy atom. The Morgan fingerprint density at radius 1 is 1.24 bits per heavy atom. The van der Waals surface area contributed by atoms with E-state index in [2.05, 4.69) is 24.4 Å². The predicted octanol–water partition coefficient (Wildman–Crippen LogP) is 4.28. The highest BCUT2D eigenvalue weighted by Gasteiger charge is 2.01. The first-order valence-corrected chi connectivity index (χ1v) is 6.68. The van der Waals surface area contributed by atoms with Crippen LogP contribution in [0.15, 0.2) is 30.3 Å². The molecule has 0 unspecified atom stereocenters. The number of phenolic OH excluding ortho intramolecular Hbond substituents is 1. The fourth-order valence-electron chi connectivity index (χ4n) is 1.51. The molecule has 4 heteroatoms. The maximum atomic E-state index is 9.31. The number of anilines is 1. The molecule has 17 heavy (non-hydrogen) atoms. The molecule has 0 atom stereocenters. The van der Waals surface area contributed by atoms with Crippen LogP contribution in [-0.2, 0) is 13.0 Å². The van der Waals surface area contributed by atoms with E-state index < -0.39 is 0 Å². The first-order chi connectivity index (χ1) is 8.19. The summed E-state index contributed by atoms with van der Waals surface area (Å²) in [5.74, 6) is 0.113. The number of aromatic hydroxyl groups is 1. The molecule has 0 radical (unpaired) electrons. The van der Waals surface area contributed by atoms with Crippen molar-refractivity contribution in [2.45, 2.75) is 19.9 Å². The van der Waals surface area contributed by atoms with Crippen LogP contribution in [0.4, 0.5) is 5.69 Å². The van der Waals surface area contributed by atoms with Gasteiger partial charge in [0.2, 0.25) is 0 Å². The fourth-order valence-corrected chi connectivity index (χ4v) is 2.59. The molecule has 0 saturated heterocycles. The summed E-state index contributed by atoms with van der Waals surface area (Å²) in [6.45, 7) is 2.94. The van der Waals surface area contributed by atoms with Crippen molar-refractivity contribution in [1.29, 1.82) is 0 Å². The van der Waals surface area contributed by atoms with Crippen molar-refractivity contribution in [1.82, 2.24) is 0 Å². The van der Waals surface area contributed by atoms with Crippen LogP contribution in [0, 0.1) is 0 Å². The number of rotatable bonds is 4. The molecule has 0 bridgehead atoms. The van der Waals surface area contributed by atoms with E-state index in [1.165, 1.54) is 9.75 Å². The van der Waals surface area contributed by atoms with Crippen LogP contribution in [0.25, 0.3) is 0 Å². The smallest absolute Gasteiger partial charge is 0.134 e. The van der Waals surface area contributed by atoms with E-state index in [0.29, 0.717) is 5.02 Å². The topological polar surface area (TPSA) is 32.3 Å². The maximum Gasteiger partial charge on any atom is 0.134 e. The van der Waals surface area contributed by atoms with Gasteiger partial charge in [0.1, 0.15) is 5.75 Å². The van der Waals surface area contributed by atoms with E-state index in [1.807, 2.05) is 17.4 Å². The van der Waals surface area contributed by atoms with Crippen LogP contribution in [0.1, 0.15) is 16.7 Å². The summed E-state index contributed by atoms with van der Waals surface area (Å²) in [6.07, 6.45) is 1.08. The van der Waals surface area contributed by atoms with E-state index in [-0.39, 0.29) is 5.75 Å². The second-order valence-electron chi connectivity index (χ2n) is 3.74. The summed E-state index contributed by atoms with van der Waals surface area (Å²) >= 11 is 7.65. The zero-order valence-electron chi connectivity index (χ0n) is 9.53. The van der Waals surface area contributed by atoms with E-state index in [0.717, 1.165) is 18.7 Å². The van der Waals surface area contributed by atoms with Gasteiger partial charge in [-0.15, -0.1) is 11.3 Å². The van der Waals surface area contributed by atoms with Gasteiger partial charge in [0, 0.05) is 22.0 Å². The Kier molecular flexibility index (Phi) is 3.92. The minimum absolute atomic E-state index is 0.113. The van der Waals surface area contributed by atoms with Crippen molar-refractivity contribution in [2.75, 3.05) is 5.32 Å². The first-order valence-electron chi connectivity index (χ1n) is 5.49. The summed E-state index contributed by atoms with van der Waals surface area (Å²) in [7, 11) is 0. The van der Waals surface area contributed by atoms with Crippen molar-refractivity contribution in [2.24, 2.45) is 0 Å². The average Bonchev–Trinajstić information content (AvgIpc) is 2.79. The highest BCUT2D eigenvalue weighted by molar-refractivity contribution is 7.12. The van der Waals surface area contributed by atoms with Gasteiger partial charge < -0.3 is 10.4 Å². The molecule has 0 amide bonds. The van der Waals surface area contributed by atoms with E-state index in [1.54, 1.807) is 12.1 Å². The third kappa shape index (κ3) is 3.14. The zero-order valence-corrected chi connectivity index (χ0v) is 11.1. The Hall–Kier alpha value is -1.19. The Morgan fingerprint density at radius 3 is 2.65 bits per heavy atom. The molecule has 90 valence electrons. The lowest BCUT2D eigenvalue weighted by molar-refractivity contribution is 0.475. The Labute approximate surface area is 110 Å². The molecule has 2 rings (SSSR count). The number of benzene rings is 1. The predicted molar refractivity (Wildman–Crippen MR) is 74.1 cm³/mol. The van der Waals surface area contributed by atoms with Gasteiger partial charge in [0.25, 0.3) is 0 Å². The summed E-state index contributed by atoms with van der Waals surface area (Å²) in [4.78, 5) is 2.69. The molecule has 2 nitrogen and oxygen atoms in total. The van der Waals surface area contributed by atoms with Gasteiger partial charge in [-0.1, -0.05) is 18.5 Å². The first kappa shape index (κ1) is 12.3. The van der Waals surface area contributed by atoms with Gasteiger partial charge in [-0.3, -0.25) is 0 Å². The lowest BCUT2D eigenvalue weighted by atomic mass is 10.3. The second kappa shape index (κ2) is 5.43. The summed E-state index contributed by atoms with van der Waals surface area (Å²) in [5, 5.41) is 13.0. The van der Waals surface area contributed by atoms with Gasteiger partial charge in [-0.05, 0) is 36.8 Å². The van der Waals surface area contributed by atoms with Crippen molar-refractivity contribution in [3.05, 3.63) is 45.1 Å². The molecule has 0 aliphatic heterocycles. The van der Waals surface area contributed by atoms with Crippen LogP contribution < -0.4 is 5.32 Å². The zero-order chi connectivity index (χ0) is 12.3. The van der Waals surface area contributed by atoms with E-state index in [4.69, 9.17) is 11.6 Å². The van der Waals surface area contributed by atoms with E-state index in [9.17, 15) is 5.11 Å². The number of thiophene rings is 1. The van der Waals surface area contributed by atoms with Crippen molar-refractivity contribution >= 4 is 28.6 Å². The average molecular weight is 268 g/mol. The lowest BCUT2D eigenvalue weighted by Crippen LogP contribution is -1.96. The molecule has 1 heterocycles. The number of nitrogens with one attached hydrogen (secondary N) is 1. The number of hydrogen-bond acceptors (Lipinski definition) is 3. The molecule has 2 N–H and O–H groups in total. The van der Waals surface area contributed by atoms with Gasteiger partial charge in [0.05, 0.1) is 5.02 Å². The largest absolute Gasteiger partial charge is 0.506 e. The molecule has 0 saturated carbocycles. The third-order valence-corrected chi connectivity index (χ3v) is 4.01.